The van der Waals surface area contributed by atoms with Gasteiger partial charge < -0.3 is 16.0 Å². The highest BCUT2D eigenvalue weighted by Crippen LogP contribution is 2.16. The summed E-state index contributed by atoms with van der Waals surface area (Å²) in [6.07, 6.45) is 0. The molecule has 2 rings (SSSR count). The predicted molar refractivity (Wildman–Crippen MR) is 88.9 cm³/mol. The van der Waals surface area contributed by atoms with Gasteiger partial charge >= 0.3 is 0 Å². The van der Waals surface area contributed by atoms with E-state index in [0.717, 1.165) is 0 Å². The SMILES string of the molecule is CC(=O)Nc1cccc(N[C@@H](C)C(=O)Nc2ccc(F)cc2)c1. The van der Waals surface area contributed by atoms with Gasteiger partial charge in [0.1, 0.15) is 11.9 Å². The molecule has 6 heteroatoms. The van der Waals surface area contributed by atoms with Gasteiger partial charge in [-0.1, -0.05) is 6.07 Å². The Hall–Kier alpha value is -2.89. The summed E-state index contributed by atoms with van der Waals surface area (Å²) in [6.45, 7) is 3.14. The lowest BCUT2D eigenvalue weighted by molar-refractivity contribution is -0.116. The molecular weight excluding hydrogens is 297 g/mol. The Morgan fingerprint density at radius 1 is 0.957 bits per heavy atom. The van der Waals surface area contributed by atoms with E-state index in [1.165, 1.54) is 31.2 Å². The molecule has 0 aliphatic heterocycles. The number of carbonyl (C=O) groups is 2. The number of amides is 2. The van der Waals surface area contributed by atoms with Crippen LogP contribution in [0.25, 0.3) is 0 Å². The summed E-state index contributed by atoms with van der Waals surface area (Å²) in [6, 6.07) is 12.1. The van der Waals surface area contributed by atoms with Crippen LogP contribution < -0.4 is 16.0 Å². The van der Waals surface area contributed by atoms with Crippen LogP contribution >= 0.6 is 0 Å². The van der Waals surface area contributed by atoms with E-state index in [-0.39, 0.29) is 17.6 Å². The average molecular weight is 315 g/mol. The lowest BCUT2D eigenvalue weighted by atomic mass is 10.2. The summed E-state index contributed by atoms with van der Waals surface area (Å²) in [4.78, 5) is 23.2. The van der Waals surface area contributed by atoms with Gasteiger partial charge in [0.2, 0.25) is 11.8 Å². The van der Waals surface area contributed by atoms with Crippen molar-refractivity contribution >= 4 is 28.9 Å². The summed E-state index contributed by atoms with van der Waals surface area (Å²) in [5.41, 5.74) is 1.88. The molecule has 2 amide bonds. The van der Waals surface area contributed by atoms with Gasteiger partial charge in [-0.2, -0.15) is 0 Å². The van der Waals surface area contributed by atoms with Crippen molar-refractivity contribution in [2.75, 3.05) is 16.0 Å². The van der Waals surface area contributed by atoms with E-state index in [9.17, 15) is 14.0 Å². The Morgan fingerprint density at radius 2 is 1.61 bits per heavy atom. The van der Waals surface area contributed by atoms with Crippen molar-refractivity contribution < 1.29 is 14.0 Å². The van der Waals surface area contributed by atoms with E-state index in [0.29, 0.717) is 17.1 Å². The molecule has 5 nitrogen and oxygen atoms in total. The van der Waals surface area contributed by atoms with Crippen molar-refractivity contribution in [3.63, 3.8) is 0 Å². The minimum atomic E-state index is -0.507. The Labute approximate surface area is 133 Å². The Morgan fingerprint density at radius 3 is 2.26 bits per heavy atom. The fraction of sp³-hybridized carbons (Fsp3) is 0.176. The van der Waals surface area contributed by atoms with Crippen LogP contribution in [0, 0.1) is 5.82 Å². The fourth-order valence-corrected chi connectivity index (χ4v) is 1.99. The first kappa shape index (κ1) is 16.5. The van der Waals surface area contributed by atoms with Gasteiger partial charge in [0, 0.05) is 24.0 Å². The highest BCUT2D eigenvalue weighted by molar-refractivity contribution is 5.96. The smallest absolute Gasteiger partial charge is 0.246 e. The molecule has 0 unspecified atom stereocenters. The third-order valence-corrected chi connectivity index (χ3v) is 3.07. The number of rotatable bonds is 5. The average Bonchev–Trinajstić information content (AvgIpc) is 2.49. The molecule has 3 N–H and O–H groups in total. The highest BCUT2D eigenvalue weighted by atomic mass is 19.1. The Bertz CT molecular complexity index is 701. The van der Waals surface area contributed by atoms with Crippen molar-refractivity contribution in [2.45, 2.75) is 19.9 Å². The maximum atomic E-state index is 12.8. The molecule has 0 saturated carbocycles. The predicted octanol–water partition coefficient (Wildman–Crippen LogP) is 3.22. The number of benzene rings is 2. The molecule has 0 spiro atoms. The lowest BCUT2D eigenvalue weighted by Gasteiger charge is -2.16. The van der Waals surface area contributed by atoms with Gasteiger partial charge in [-0.05, 0) is 49.4 Å². The van der Waals surface area contributed by atoms with Crippen LogP contribution in [0.3, 0.4) is 0 Å². The maximum Gasteiger partial charge on any atom is 0.246 e. The standard InChI is InChI=1S/C17H18FN3O2/c1-11(17(23)21-14-8-6-13(18)7-9-14)19-15-4-3-5-16(10-15)20-12(2)22/h3-11,19H,1-2H3,(H,20,22)(H,21,23)/t11-/m0/s1. The monoisotopic (exact) mass is 315 g/mol. The molecule has 1 atom stereocenters. The minimum Gasteiger partial charge on any atom is -0.374 e. The third kappa shape index (κ3) is 5.10. The first-order chi connectivity index (χ1) is 10.9. The van der Waals surface area contributed by atoms with Crippen molar-refractivity contribution in [2.24, 2.45) is 0 Å². The molecule has 23 heavy (non-hydrogen) atoms. The summed E-state index contributed by atoms with van der Waals surface area (Å²) in [7, 11) is 0. The van der Waals surface area contributed by atoms with Crippen LogP contribution in [-0.2, 0) is 9.59 Å². The van der Waals surface area contributed by atoms with Crippen LogP contribution in [0.5, 0.6) is 0 Å². The van der Waals surface area contributed by atoms with E-state index >= 15 is 0 Å². The topological polar surface area (TPSA) is 70.2 Å². The molecule has 0 radical (unpaired) electrons. The normalized spacial score (nSPS) is 11.4. The number of hydrogen-bond acceptors (Lipinski definition) is 3. The number of anilines is 3. The van der Waals surface area contributed by atoms with Gasteiger partial charge in [-0.25, -0.2) is 4.39 Å². The molecule has 2 aromatic rings. The molecule has 0 aliphatic rings. The fourth-order valence-electron chi connectivity index (χ4n) is 1.99. The van der Waals surface area contributed by atoms with Crippen LogP contribution in [0.15, 0.2) is 48.5 Å². The quantitative estimate of drug-likeness (QED) is 0.793. The number of carbonyl (C=O) groups excluding carboxylic acids is 2. The second-order valence-electron chi connectivity index (χ2n) is 5.12. The van der Waals surface area contributed by atoms with Crippen molar-refractivity contribution in [3.8, 4) is 0 Å². The summed E-state index contributed by atoms with van der Waals surface area (Å²) >= 11 is 0. The molecule has 120 valence electrons. The van der Waals surface area contributed by atoms with E-state index in [4.69, 9.17) is 0 Å². The van der Waals surface area contributed by atoms with Crippen LogP contribution in [-0.4, -0.2) is 17.9 Å². The molecule has 2 aromatic carbocycles. The van der Waals surface area contributed by atoms with E-state index in [2.05, 4.69) is 16.0 Å². The number of halogens is 1. The third-order valence-electron chi connectivity index (χ3n) is 3.07. The van der Waals surface area contributed by atoms with Gasteiger partial charge in [0.15, 0.2) is 0 Å². The summed E-state index contributed by atoms with van der Waals surface area (Å²) in [5.74, 6) is -0.769. The zero-order valence-corrected chi connectivity index (χ0v) is 12.9. The highest BCUT2D eigenvalue weighted by Gasteiger charge is 2.13. The molecule has 0 bridgehead atoms. The van der Waals surface area contributed by atoms with Crippen LogP contribution in [0.2, 0.25) is 0 Å². The molecule has 0 heterocycles. The van der Waals surface area contributed by atoms with Crippen molar-refractivity contribution in [1.29, 1.82) is 0 Å². The second kappa shape index (κ2) is 7.40. The molecular formula is C17H18FN3O2. The van der Waals surface area contributed by atoms with Gasteiger partial charge in [0.05, 0.1) is 0 Å². The van der Waals surface area contributed by atoms with Crippen molar-refractivity contribution in [1.82, 2.24) is 0 Å². The maximum absolute atomic E-state index is 12.8. The zero-order valence-electron chi connectivity index (χ0n) is 12.9. The van der Waals surface area contributed by atoms with Crippen LogP contribution in [0.1, 0.15) is 13.8 Å². The second-order valence-corrected chi connectivity index (χ2v) is 5.12. The van der Waals surface area contributed by atoms with Gasteiger partial charge in [-0.3, -0.25) is 9.59 Å². The first-order valence-electron chi connectivity index (χ1n) is 7.14. The van der Waals surface area contributed by atoms with E-state index in [1.807, 2.05) is 0 Å². The van der Waals surface area contributed by atoms with Crippen molar-refractivity contribution in [3.05, 3.63) is 54.3 Å². The molecule has 0 fully saturated rings. The molecule has 0 aromatic heterocycles. The van der Waals surface area contributed by atoms with Gasteiger partial charge in [0.25, 0.3) is 0 Å². The molecule has 0 aliphatic carbocycles. The van der Waals surface area contributed by atoms with E-state index < -0.39 is 6.04 Å². The number of hydrogen-bond donors (Lipinski definition) is 3. The Kier molecular flexibility index (Phi) is 5.30. The van der Waals surface area contributed by atoms with Crippen LogP contribution in [0.4, 0.5) is 21.5 Å². The van der Waals surface area contributed by atoms with Gasteiger partial charge in [-0.15, -0.1) is 0 Å². The minimum absolute atomic E-state index is 0.163. The Balaban J connectivity index is 1.97. The lowest BCUT2D eigenvalue weighted by Crippen LogP contribution is -2.31. The molecule has 0 saturated heterocycles. The zero-order chi connectivity index (χ0) is 16.8. The summed E-state index contributed by atoms with van der Waals surface area (Å²) < 4.78 is 12.8. The van der Waals surface area contributed by atoms with E-state index in [1.54, 1.807) is 31.2 Å². The number of nitrogens with one attached hydrogen (secondary N) is 3. The largest absolute Gasteiger partial charge is 0.374 e. The summed E-state index contributed by atoms with van der Waals surface area (Å²) in [5, 5.41) is 8.43. The first-order valence-corrected chi connectivity index (χ1v) is 7.14.